The first-order valence-corrected chi connectivity index (χ1v) is 6.52. The Morgan fingerprint density at radius 3 is 2.53 bits per heavy atom. The normalized spacial score (nSPS) is 17.2. The standard InChI is InChI=1S/C15H20O2/c1-2-3-12-17-14(16)15(10-7-11-15)13-8-5-4-6-9-13/h4-6,8-9H,2-3,7,10-12H2,1H3. The fourth-order valence-electron chi connectivity index (χ4n) is 2.35. The third-order valence-electron chi connectivity index (χ3n) is 3.66. The van der Waals surface area contributed by atoms with E-state index >= 15 is 0 Å². The first-order valence-electron chi connectivity index (χ1n) is 6.52. The Morgan fingerprint density at radius 1 is 1.29 bits per heavy atom. The summed E-state index contributed by atoms with van der Waals surface area (Å²) in [6.07, 6.45) is 5.00. The Morgan fingerprint density at radius 2 is 2.00 bits per heavy atom. The van der Waals surface area contributed by atoms with Gasteiger partial charge in [-0.1, -0.05) is 50.1 Å². The fraction of sp³-hybridized carbons (Fsp3) is 0.533. The van der Waals surface area contributed by atoms with E-state index in [9.17, 15) is 4.79 Å². The van der Waals surface area contributed by atoms with E-state index in [1.165, 1.54) is 0 Å². The molecule has 0 aliphatic heterocycles. The van der Waals surface area contributed by atoms with Crippen molar-refractivity contribution in [3.05, 3.63) is 35.9 Å². The van der Waals surface area contributed by atoms with Crippen LogP contribution >= 0.6 is 0 Å². The molecule has 1 aromatic rings. The third kappa shape index (κ3) is 2.36. The summed E-state index contributed by atoms with van der Waals surface area (Å²) in [5.41, 5.74) is 0.780. The smallest absolute Gasteiger partial charge is 0.316 e. The maximum atomic E-state index is 12.2. The molecule has 0 saturated heterocycles. The molecule has 0 radical (unpaired) electrons. The monoisotopic (exact) mass is 232 g/mol. The molecule has 0 aromatic heterocycles. The van der Waals surface area contributed by atoms with E-state index in [0.29, 0.717) is 6.61 Å². The summed E-state index contributed by atoms with van der Waals surface area (Å²) in [5, 5.41) is 0. The van der Waals surface area contributed by atoms with Crippen molar-refractivity contribution in [1.82, 2.24) is 0 Å². The van der Waals surface area contributed by atoms with Gasteiger partial charge in [-0.25, -0.2) is 0 Å². The van der Waals surface area contributed by atoms with Crippen LogP contribution in [-0.2, 0) is 14.9 Å². The molecule has 0 bridgehead atoms. The minimum absolute atomic E-state index is 0.0246. The summed E-state index contributed by atoms with van der Waals surface area (Å²) in [6, 6.07) is 10.1. The third-order valence-corrected chi connectivity index (χ3v) is 3.66. The predicted molar refractivity (Wildman–Crippen MR) is 67.8 cm³/mol. The van der Waals surface area contributed by atoms with Gasteiger partial charge in [0.2, 0.25) is 0 Å². The number of benzene rings is 1. The molecule has 1 aliphatic carbocycles. The van der Waals surface area contributed by atoms with Crippen LogP contribution in [0.2, 0.25) is 0 Å². The molecule has 92 valence electrons. The molecule has 17 heavy (non-hydrogen) atoms. The summed E-state index contributed by atoms with van der Waals surface area (Å²) in [6.45, 7) is 2.66. The van der Waals surface area contributed by atoms with Crippen molar-refractivity contribution in [3.63, 3.8) is 0 Å². The molecule has 2 rings (SSSR count). The Kier molecular flexibility index (Phi) is 3.82. The second-order valence-electron chi connectivity index (χ2n) is 4.79. The molecule has 0 spiro atoms. The largest absolute Gasteiger partial charge is 0.465 e. The molecule has 1 saturated carbocycles. The highest BCUT2D eigenvalue weighted by molar-refractivity contribution is 5.84. The van der Waals surface area contributed by atoms with Crippen molar-refractivity contribution in [2.24, 2.45) is 0 Å². The average Bonchev–Trinajstić information content (AvgIpc) is 2.29. The van der Waals surface area contributed by atoms with Gasteiger partial charge in [-0.3, -0.25) is 4.79 Å². The van der Waals surface area contributed by atoms with Crippen LogP contribution in [0, 0.1) is 0 Å². The summed E-state index contributed by atoms with van der Waals surface area (Å²) in [4.78, 5) is 12.2. The molecule has 0 amide bonds. The van der Waals surface area contributed by atoms with Crippen LogP contribution in [-0.4, -0.2) is 12.6 Å². The first kappa shape index (κ1) is 12.2. The van der Waals surface area contributed by atoms with Crippen LogP contribution < -0.4 is 0 Å². The van der Waals surface area contributed by atoms with Gasteiger partial charge in [0, 0.05) is 0 Å². The molecule has 0 atom stereocenters. The van der Waals surface area contributed by atoms with E-state index in [0.717, 1.165) is 37.7 Å². The summed E-state index contributed by atoms with van der Waals surface area (Å²) in [7, 11) is 0. The van der Waals surface area contributed by atoms with Crippen molar-refractivity contribution in [2.45, 2.75) is 44.4 Å². The second kappa shape index (κ2) is 5.35. The Hall–Kier alpha value is -1.31. The van der Waals surface area contributed by atoms with Crippen LogP contribution in [0.5, 0.6) is 0 Å². The lowest BCUT2D eigenvalue weighted by molar-refractivity contribution is -0.154. The Labute approximate surface area is 103 Å². The van der Waals surface area contributed by atoms with Gasteiger partial charge in [0.15, 0.2) is 0 Å². The van der Waals surface area contributed by atoms with E-state index < -0.39 is 0 Å². The molecule has 0 unspecified atom stereocenters. The van der Waals surface area contributed by atoms with Gasteiger partial charge in [0.25, 0.3) is 0 Å². The van der Waals surface area contributed by atoms with Gasteiger partial charge in [-0.2, -0.15) is 0 Å². The lowest BCUT2D eigenvalue weighted by Gasteiger charge is -2.39. The van der Waals surface area contributed by atoms with E-state index in [1.807, 2.05) is 30.3 Å². The lowest BCUT2D eigenvalue weighted by Crippen LogP contribution is -2.43. The molecule has 2 nitrogen and oxygen atoms in total. The number of carbonyl (C=O) groups excluding carboxylic acids is 1. The van der Waals surface area contributed by atoms with E-state index in [4.69, 9.17) is 4.74 Å². The summed E-state index contributed by atoms with van der Waals surface area (Å²) < 4.78 is 5.41. The van der Waals surface area contributed by atoms with E-state index in [2.05, 4.69) is 6.92 Å². The second-order valence-corrected chi connectivity index (χ2v) is 4.79. The lowest BCUT2D eigenvalue weighted by atomic mass is 9.64. The number of unbranched alkanes of at least 4 members (excludes halogenated alkanes) is 1. The molecular weight excluding hydrogens is 212 g/mol. The van der Waals surface area contributed by atoms with E-state index in [1.54, 1.807) is 0 Å². The predicted octanol–water partition coefficient (Wildman–Crippen LogP) is 3.45. The van der Waals surface area contributed by atoms with Gasteiger partial charge < -0.3 is 4.74 Å². The van der Waals surface area contributed by atoms with Crippen molar-refractivity contribution >= 4 is 5.97 Å². The Bertz CT molecular complexity index is 366. The van der Waals surface area contributed by atoms with Crippen molar-refractivity contribution in [1.29, 1.82) is 0 Å². The molecule has 0 heterocycles. The molecular formula is C15H20O2. The minimum Gasteiger partial charge on any atom is -0.465 e. The molecule has 0 N–H and O–H groups in total. The number of hydrogen-bond donors (Lipinski definition) is 0. The summed E-state index contributed by atoms with van der Waals surface area (Å²) in [5.74, 6) is -0.0246. The van der Waals surface area contributed by atoms with Gasteiger partial charge in [0.05, 0.1) is 12.0 Å². The fourth-order valence-corrected chi connectivity index (χ4v) is 2.35. The highest BCUT2D eigenvalue weighted by atomic mass is 16.5. The Balaban J connectivity index is 2.07. The number of hydrogen-bond acceptors (Lipinski definition) is 2. The van der Waals surface area contributed by atoms with Gasteiger partial charge in [0.1, 0.15) is 0 Å². The van der Waals surface area contributed by atoms with Gasteiger partial charge in [-0.15, -0.1) is 0 Å². The van der Waals surface area contributed by atoms with Crippen molar-refractivity contribution in [3.8, 4) is 0 Å². The van der Waals surface area contributed by atoms with Crippen molar-refractivity contribution in [2.75, 3.05) is 6.61 Å². The maximum Gasteiger partial charge on any atom is 0.316 e. The van der Waals surface area contributed by atoms with Crippen LogP contribution in [0.25, 0.3) is 0 Å². The molecule has 2 heteroatoms. The van der Waals surface area contributed by atoms with Crippen LogP contribution in [0.4, 0.5) is 0 Å². The topological polar surface area (TPSA) is 26.3 Å². The van der Waals surface area contributed by atoms with Crippen LogP contribution in [0.15, 0.2) is 30.3 Å². The average molecular weight is 232 g/mol. The maximum absolute atomic E-state index is 12.2. The van der Waals surface area contributed by atoms with Gasteiger partial charge in [-0.05, 0) is 24.8 Å². The number of rotatable bonds is 5. The quantitative estimate of drug-likeness (QED) is 0.574. The van der Waals surface area contributed by atoms with Gasteiger partial charge >= 0.3 is 5.97 Å². The van der Waals surface area contributed by atoms with Crippen LogP contribution in [0.3, 0.4) is 0 Å². The minimum atomic E-state index is -0.338. The SMILES string of the molecule is CCCCOC(=O)C1(c2ccccc2)CCC1. The zero-order chi connectivity index (χ0) is 12.1. The van der Waals surface area contributed by atoms with Crippen molar-refractivity contribution < 1.29 is 9.53 Å². The highest BCUT2D eigenvalue weighted by Crippen LogP contribution is 2.44. The van der Waals surface area contributed by atoms with E-state index in [-0.39, 0.29) is 11.4 Å². The molecule has 1 fully saturated rings. The molecule has 1 aliphatic rings. The zero-order valence-electron chi connectivity index (χ0n) is 10.4. The molecule has 1 aromatic carbocycles. The van der Waals surface area contributed by atoms with Crippen LogP contribution in [0.1, 0.15) is 44.6 Å². The number of carbonyl (C=O) groups is 1. The zero-order valence-corrected chi connectivity index (χ0v) is 10.4. The number of ether oxygens (including phenoxy) is 1. The highest BCUT2D eigenvalue weighted by Gasteiger charge is 2.46. The summed E-state index contributed by atoms with van der Waals surface area (Å²) >= 11 is 0. The first-order chi connectivity index (χ1) is 8.29. The number of esters is 1.